The molecule has 19 heavy (non-hydrogen) atoms. The SMILES string of the molecule is CC(CNC(=O)NC1CCCCC1O)c1ccsc1. The summed E-state index contributed by atoms with van der Waals surface area (Å²) in [6, 6.07) is 1.82. The molecule has 0 aromatic carbocycles. The summed E-state index contributed by atoms with van der Waals surface area (Å²) in [5.41, 5.74) is 1.25. The molecule has 5 heteroatoms. The summed E-state index contributed by atoms with van der Waals surface area (Å²) in [6.07, 6.45) is 3.39. The van der Waals surface area contributed by atoms with Gasteiger partial charge in [0.25, 0.3) is 0 Å². The first-order valence-electron chi connectivity index (χ1n) is 6.91. The van der Waals surface area contributed by atoms with Crippen molar-refractivity contribution in [2.45, 2.75) is 50.7 Å². The second kappa shape index (κ2) is 6.91. The number of hydrogen-bond acceptors (Lipinski definition) is 3. The number of aliphatic hydroxyl groups excluding tert-OH is 1. The summed E-state index contributed by atoms with van der Waals surface area (Å²) in [5, 5.41) is 19.7. The van der Waals surface area contributed by atoms with Crippen LogP contribution in [-0.4, -0.2) is 29.8 Å². The molecule has 1 aromatic heterocycles. The van der Waals surface area contributed by atoms with Crippen molar-refractivity contribution in [3.8, 4) is 0 Å². The van der Waals surface area contributed by atoms with Crippen LogP contribution in [0.3, 0.4) is 0 Å². The smallest absolute Gasteiger partial charge is 0.315 e. The number of thiophene rings is 1. The van der Waals surface area contributed by atoms with Crippen LogP contribution in [-0.2, 0) is 0 Å². The Morgan fingerprint density at radius 2 is 2.32 bits per heavy atom. The number of rotatable bonds is 4. The van der Waals surface area contributed by atoms with Crippen molar-refractivity contribution in [2.75, 3.05) is 6.54 Å². The van der Waals surface area contributed by atoms with Gasteiger partial charge in [0, 0.05) is 6.54 Å². The second-order valence-corrected chi connectivity index (χ2v) is 6.05. The highest BCUT2D eigenvalue weighted by Crippen LogP contribution is 2.19. The van der Waals surface area contributed by atoms with Crippen molar-refractivity contribution >= 4 is 17.4 Å². The molecule has 0 spiro atoms. The maximum absolute atomic E-state index is 11.8. The lowest BCUT2D eigenvalue weighted by Gasteiger charge is -2.28. The number of nitrogens with one attached hydrogen (secondary N) is 2. The second-order valence-electron chi connectivity index (χ2n) is 5.27. The molecule has 0 aliphatic heterocycles. The molecule has 1 aromatic rings. The van der Waals surface area contributed by atoms with Crippen LogP contribution in [0.4, 0.5) is 4.79 Å². The molecule has 2 amide bonds. The van der Waals surface area contributed by atoms with E-state index in [4.69, 9.17) is 0 Å². The van der Waals surface area contributed by atoms with Crippen LogP contribution >= 0.6 is 11.3 Å². The third-order valence-corrected chi connectivity index (χ3v) is 4.43. The molecule has 1 aliphatic rings. The molecule has 4 nitrogen and oxygen atoms in total. The lowest BCUT2D eigenvalue weighted by molar-refractivity contribution is 0.0943. The summed E-state index contributed by atoms with van der Waals surface area (Å²) in [4.78, 5) is 11.8. The van der Waals surface area contributed by atoms with E-state index in [9.17, 15) is 9.90 Å². The predicted molar refractivity (Wildman–Crippen MR) is 77.5 cm³/mol. The number of carbonyl (C=O) groups is 1. The minimum absolute atomic E-state index is 0.0924. The average Bonchev–Trinajstić information content (AvgIpc) is 2.93. The molecule has 1 aliphatic carbocycles. The third-order valence-electron chi connectivity index (χ3n) is 3.73. The average molecular weight is 282 g/mol. The lowest BCUT2D eigenvalue weighted by Crippen LogP contribution is -2.49. The Morgan fingerprint density at radius 1 is 1.53 bits per heavy atom. The molecule has 2 rings (SSSR count). The fourth-order valence-corrected chi connectivity index (χ4v) is 3.20. The van der Waals surface area contributed by atoms with Crippen LogP contribution < -0.4 is 10.6 Å². The van der Waals surface area contributed by atoms with Gasteiger partial charge in [0.05, 0.1) is 12.1 Å². The number of hydrogen-bond donors (Lipinski definition) is 3. The third kappa shape index (κ3) is 4.21. The largest absolute Gasteiger partial charge is 0.391 e. The van der Waals surface area contributed by atoms with Crippen LogP contribution in [0.15, 0.2) is 16.8 Å². The van der Waals surface area contributed by atoms with Crippen LogP contribution in [0.5, 0.6) is 0 Å². The van der Waals surface area contributed by atoms with E-state index < -0.39 is 6.10 Å². The number of urea groups is 1. The van der Waals surface area contributed by atoms with Gasteiger partial charge in [-0.3, -0.25) is 0 Å². The summed E-state index contributed by atoms with van der Waals surface area (Å²) < 4.78 is 0. The molecule has 3 unspecified atom stereocenters. The lowest BCUT2D eigenvalue weighted by atomic mass is 9.93. The Kier molecular flexibility index (Phi) is 5.22. The molecule has 3 N–H and O–H groups in total. The van der Waals surface area contributed by atoms with E-state index in [1.807, 2.05) is 5.38 Å². The zero-order valence-corrected chi connectivity index (χ0v) is 12.1. The van der Waals surface area contributed by atoms with Gasteiger partial charge in [-0.2, -0.15) is 11.3 Å². The van der Waals surface area contributed by atoms with Crippen molar-refractivity contribution in [3.63, 3.8) is 0 Å². The Hall–Kier alpha value is -1.07. The van der Waals surface area contributed by atoms with Crippen LogP contribution in [0.1, 0.15) is 44.1 Å². The maximum Gasteiger partial charge on any atom is 0.315 e. The summed E-state index contributed by atoms with van der Waals surface area (Å²) >= 11 is 1.67. The molecule has 0 radical (unpaired) electrons. The van der Waals surface area contributed by atoms with E-state index in [1.165, 1.54) is 5.56 Å². The van der Waals surface area contributed by atoms with Crippen molar-refractivity contribution in [1.82, 2.24) is 10.6 Å². The summed E-state index contributed by atoms with van der Waals surface area (Å²) in [5.74, 6) is 0.313. The summed E-state index contributed by atoms with van der Waals surface area (Å²) in [6.45, 7) is 2.71. The van der Waals surface area contributed by atoms with Crippen molar-refractivity contribution in [3.05, 3.63) is 22.4 Å². The fourth-order valence-electron chi connectivity index (χ4n) is 2.42. The van der Waals surface area contributed by atoms with Crippen LogP contribution in [0.25, 0.3) is 0 Å². The highest BCUT2D eigenvalue weighted by Gasteiger charge is 2.24. The van der Waals surface area contributed by atoms with Crippen molar-refractivity contribution < 1.29 is 9.90 Å². The van der Waals surface area contributed by atoms with Gasteiger partial charge in [0.2, 0.25) is 0 Å². The number of carbonyl (C=O) groups excluding carboxylic acids is 1. The monoisotopic (exact) mass is 282 g/mol. The molecule has 0 saturated heterocycles. The van der Waals surface area contributed by atoms with Crippen LogP contribution in [0.2, 0.25) is 0 Å². The Bertz CT molecular complexity index is 394. The van der Waals surface area contributed by atoms with Gasteiger partial charge in [-0.25, -0.2) is 4.79 Å². The van der Waals surface area contributed by atoms with E-state index in [0.717, 1.165) is 25.7 Å². The van der Waals surface area contributed by atoms with Gasteiger partial charge in [-0.1, -0.05) is 19.8 Å². The molecule has 1 saturated carbocycles. The van der Waals surface area contributed by atoms with Gasteiger partial charge in [-0.05, 0) is 41.1 Å². The van der Waals surface area contributed by atoms with E-state index in [0.29, 0.717) is 12.5 Å². The van der Waals surface area contributed by atoms with Crippen molar-refractivity contribution in [1.29, 1.82) is 0 Å². The van der Waals surface area contributed by atoms with Gasteiger partial charge in [-0.15, -0.1) is 0 Å². The van der Waals surface area contributed by atoms with E-state index >= 15 is 0 Å². The van der Waals surface area contributed by atoms with E-state index in [-0.39, 0.29) is 12.1 Å². The summed E-state index contributed by atoms with van der Waals surface area (Å²) in [7, 11) is 0. The molecule has 3 atom stereocenters. The minimum Gasteiger partial charge on any atom is -0.391 e. The molecule has 1 fully saturated rings. The van der Waals surface area contributed by atoms with Gasteiger partial charge < -0.3 is 15.7 Å². The van der Waals surface area contributed by atoms with Gasteiger partial charge >= 0.3 is 6.03 Å². The van der Waals surface area contributed by atoms with E-state index in [1.54, 1.807) is 11.3 Å². The Morgan fingerprint density at radius 3 is 3.00 bits per heavy atom. The first kappa shape index (κ1) is 14.3. The Balaban J connectivity index is 1.72. The zero-order chi connectivity index (χ0) is 13.7. The molecule has 106 valence electrons. The normalized spacial score (nSPS) is 24.7. The van der Waals surface area contributed by atoms with Crippen molar-refractivity contribution in [2.24, 2.45) is 0 Å². The zero-order valence-electron chi connectivity index (χ0n) is 11.3. The molecule has 0 bridgehead atoms. The van der Waals surface area contributed by atoms with E-state index in [2.05, 4.69) is 29.0 Å². The molecular weight excluding hydrogens is 260 g/mol. The quantitative estimate of drug-likeness (QED) is 0.794. The number of amides is 2. The topological polar surface area (TPSA) is 61.4 Å². The standard InChI is InChI=1S/C14H22N2O2S/c1-10(11-6-7-19-9-11)8-15-14(18)16-12-4-2-3-5-13(12)17/h6-7,9-10,12-13,17H,2-5,8H2,1H3,(H2,15,16,18). The minimum atomic E-state index is -0.395. The van der Waals surface area contributed by atoms with Gasteiger partial charge in [0.1, 0.15) is 0 Å². The first-order chi connectivity index (χ1) is 9.16. The maximum atomic E-state index is 11.8. The highest BCUT2D eigenvalue weighted by molar-refractivity contribution is 7.07. The molecular formula is C14H22N2O2S. The fraction of sp³-hybridized carbons (Fsp3) is 0.643. The Labute approximate surface area is 118 Å². The first-order valence-corrected chi connectivity index (χ1v) is 7.85. The van der Waals surface area contributed by atoms with Crippen LogP contribution in [0, 0.1) is 0 Å². The molecule has 1 heterocycles. The highest BCUT2D eigenvalue weighted by atomic mass is 32.1. The van der Waals surface area contributed by atoms with Gasteiger partial charge in [0.15, 0.2) is 0 Å². The predicted octanol–water partition coefficient (Wildman–Crippen LogP) is 2.45. The number of aliphatic hydroxyl groups is 1.